The monoisotopic (exact) mass is 270 g/mol. The van der Waals surface area contributed by atoms with Gasteiger partial charge in [-0.05, 0) is 24.5 Å². The summed E-state index contributed by atoms with van der Waals surface area (Å²) < 4.78 is 2.01. The molecule has 1 atom stereocenters. The van der Waals surface area contributed by atoms with Gasteiger partial charge in [0, 0.05) is 25.6 Å². The Morgan fingerprint density at radius 1 is 1.45 bits per heavy atom. The molecule has 1 aromatic heterocycles. The van der Waals surface area contributed by atoms with Crippen molar-refractivity contribution < 1.29 is 9.90 Å². The van der Waals surface area contributed by atoms with Gasteiger partial charge < -0.3 is 9.67 Å². The Balaban J connectivity index is 1.81. The maximum absolute atomic E-state index is 11.1. The number of hydrogen-bond acceptors (Lipinski definition) is 2. The van der Waals surface area contributed by atoms with Crippen LogP contribution in [0.25, 0.3) is 0 Å². The standard InChI is InChI=1S/C16H18N2O2/c1-11-4-2-3-5-12(11)8-14-10-18-9-13(16(19)20)6-7-15(18)17-14/h2-5,10,13H,6-9H2,1H3,(H,19,20). The van der Waals surface area contributed by atoms with Gasteiger partial charge in [-0.15, -0.1) is 0 Å². The highest BCUT2D eigenvalue weighted by molar-refractivity contribution is 5.70. The van der Waals surface area contributed by atoms with Crippen LogP contribution in [0, 0.1) is 12.8 Å². The fraction of sp³-hybridized carbons (Fsp3) is 0.375. The first-order chi connectivity index (χ1) is 9.63. The molecule has 1 N–H and O–H groups in total. The number of carboxylic acids is 1. The molecule has 0 aliphatic carbocycles. The van der Waals surface area contributed by atoms with E-state index >= 15 is 0 Å². The molecule has 0 saturated heterocycles. The Hall–Kier alpha value is -2.10. The number of aliphatic carboxylic acids is 1. The van der Waals surface area contributed by atoms with E-state index in [1.165, 1.54) is 11.1 Å². The van der Waals surface area contributed by atoms with E-state index in [0.717, 1.165) is 24.4 Å². The summed E-state index contributed by atoms with van der Waals surface area (Å²) >= 11 is 0. The first-order valence-electron chi connectivity index (χ1n) is 6.95. The fourth-order valence-corrected chi connectivity index (χ4v) is 2.79. The first kappa shape index (κ1) is 12.9. The quantitative estimate of drug-likeness (QED) is 0.932. The summed E-state index contributed by atoms with van der Waals surface area (Å²) in [7, 11) is 0. The van der Waals surface area contributed by atoms with Crippen molar-refractivity contribution in [2.45, 2.75) is 32.7 Å². The van der Waals surface area contributed by atoms with Gasteiger partial charge in [-0.25, -0.2) is 4.98 Å². The van der Waals surface area contributed by atoms with E-state index in [0.29, 0.717) is 13.0 Å². The third kappa shape index (κ3) is 2.46. The van der Waals surface area contributed by atoms with Crippen molar-refractivity contribution in [3.05, 3.63) is 53.1 Å². The average Bonchev–Trinajstić information content (AvgIpc) is 2.82. The molecule has 4 nitrogen and oxygen atoms in total. The Bertz CT molecular complexity index is 646. The first-order valence-corrected chi connectivity index (χ1v) is 6.95. The van der Waals surface area contributed by atoms with Gasteiger partial charge in [0.15, 0.2) is 0 Å². The Kier molecular flexibility index (Phi) is 3.30. The number of carboxylic acid groups (broad SMARTS) is 1. The van der Waals surface area contributed by atoms with Crippen molar-refractivity contribution in [2.24, 2.45) is 5.92 Å². The minimum atomic E-state index is -0.704. The van der Waals surface area contributed by atoms with Gasteiger partial charge >= 0.3 is 5.97 Å². The molecule has 2 heterocycles. The maximum atomic E-state index is 11.1. The van der Waals surface area contributed by atoms with Gasteiger partial charge in [-0.2, -0.15) is 0 Å². The third-order valence-corrected chi connectivity index (χ3v) is 4.02. The highest BCUT2D eigenvalue weighted by atomic mass is 16.4. The Morgan fingerprint density at radius 3 is 3.00 bits per heavy atom. The van der Waals surface area contributed by atoms with Crippen LogP contribution in [0.5, 0.6) is 0 Å². The van der Waals surface area contributed by atoms with E-state index in [-0.39, 0.29) is 5.92 Å². The number of imidazole rings is 1. The van der Waals surface area contributed by atoms with Crippen LogP contribution in [0.2, 0.25) is 0 Å². The number of aromatic nitrogens is 2. The van der Waals surface area contributed by atoms with Crippen LogP contribution in [0.3, 0.4) is 0 Å². The fourth-order valence-electron chi connectivity index (χ4n) is 2.79. The van der Waals surface area contributed by atoms with Gasteiger partial charge in [-0.1, -0.05) is 24.3 Å². The topological polar surface area (TPSA) is 55.1 Å². The van der Waals surface area contributed by atoms with Crippen LogP contribution < -0.4 is 0 Å². The van der Waals surface area contributed by atoms with Crippen LogP contribution in [0.4, 0.5) is 0 Å². The van der Waals surface area contributed by atoms with E-state index in [2.05, 4.69) is 24.0 Å². The molecule has 2 aromatic rings. The molecule has 3 rings (SSSR count). The second-order valence-electron chi connectivity index (χ2n) is 5.48. The normalized spacial score (nSPS) is 17.8. The summed E-state index contributed by atoms with van der Waals surface area (Å²) in [5.41, 5.74) is 3.57. The predicted octanol–water partition coefficient (Wildman–Crippen LogP) is 2.43. The molecule has 0 bridgehead atoms. The minimum Gasteiger partial charge on any atom is -0.481 e. The molecule has 0 fully saturated rings. The number of carbonyl (C=O) groups is 1. The lowest BCUT2D eigenvalue weighted by Crippen LogP contribution is -2.26. The van der Waals surface area contributed by atoms with Gasteiger partial charge in [0.25, 0.3) is 0 Å². The molecule has 104 valence electrons. The van der Waals surface area contributed by atoms with Gasteiger partial charge in [0.2, 0.25) is 0 Å². The molecular weight excluding hydrogens is 252 g/mol. The molecule has 1 aliphatic rings. The van der Waals surface area contributed by atoms with Crippen molar-refractivity contribution >= 4 is 5.97 Å². The van der Waals surface area contributed by atoms with Crippen molar-refractivity contribution in [1.29, 1.82) is 0 Å². The second-order valence-corrected chi connectivity index (χ2v) is 5.48. The summed E-state index contributed by atoms with van der Waals surface area (Å²) in [6, 6.07) is 8.30. The lowest BCUT2D eigenvalue weighted by atomic mass is 10.00. The second kappa shape index (κ2) is 5.12. The number of rotatable bonds is 3. The lowest BCUT2D eigenvalue weighted by molar-refractivity contribution is -0.142. The van der Waals surface area contributed by atoms with Crippen LogP contribution in [0.15, 0.2) is 30.5 Å². The Morgan fingerprint density at radius 2 is 2.25 bits per heavy atom. The van der Waals surface area contributed by atoms with E-state index in [1.807, 2.05) is 22.9 Å². The maximum Gasteiger partial charge on any atom is 0.308 e. The van der Waals surface area contributed by atoms with E-state index in [4.69, 9.17) is 5.11 Å². The highest BCUT2D eigenvalue weighted by Gasteiger charge is 2.25. The van der Waals surface area contributed by atoms with Crippen LogP contribution in [-0.2, 0) is 24.2 Å². The SMILES string of the molecule is Cc1ccccc1Cc1cn2c(n1)CCC(C(=O)O)C2. The molecule has 0 spiro atoms. The smallest absolute Gasteiger partial charge is 0.308 e. The van der Waals surface area contributed by atoms with Gasteiger partial charge in [0.05, 0.1) is 11.6 Å². The molecule has 0 amide bonds. The molecule has 4 heteroatoms. The summed E-state index contributed by atoms with van der Waals surface area (Å²) in [6.07, 6.45) is 4.27. The molecule has 1 aliphatic heterocycles. The summed E-state index contributed by atoms with van der Waals surface area (Å²) in [6.45, 7) is 2.65. The number of benzene rings is 1. The van der Waals surface area contributed by atoms with Crippen LogP contribution in [0.1, 0.15) is 29.1 Å². The highest BCUT2D eigenvalue weighted by Crippen LogP contribution is 2.22. The molecule has 1 unspecified atom stereocenters. The summed E-state index contributed by atoms with van der Waals surface area (Å²) in [4.78, 5) is 15.7. The van der Waals surface area contributed by atoms with E-state index in [9.17, 15) is 4.79 Å². The zero-order valence-corrected chi connectivity index (χ0v) is 11.5. The van der Waals surface area contributed by atoms with Crippen molar-refractivity contribution in [1.82, 2.24) is 9.55 Å². The average molecular weight is 270 g/mol. The predicted molar refractivity (Wildman–Crippen MR) is 75.7 cm³/mol. The van der Waals surface area contributed by atoms with Gasteiger partial charge in [0.1, 0.15) is 5.82 Å². The van der Waals surface area contributed by atoms with Crippen LogP contribution >= 0.6 is 0 Å². The van der Waals surface area contributed by atoms with E-state index < -0.39 is 5.97 Å². The zero-order chi connectivity index (χ0) is 14.1. The van der Waals surface area contributed by atoms with Crippen molar-refractivity contribution in [3.8, 4) is 0 Å². The number of hydrogen-bond donors (Lipinski definition) is 1. The number of fused-ring (bicyclic) bond motifs is 1. The largest absolute Gasteiger partial charge is 0.481 e. The van der Waals surface area contributed by atoms with Crippen molar-refractivity contribution in [3.63, 3.8) is 0 Å². The third-order valence-electron chi connectivity index (χ3n) is 4.02. The number of nitrogens with zero attached hydrogens (tertiary/aromatic N) is 2. The number of aryl methyl sites for hydroxylation is 2. The molecule has 20 heavy (non-hydrogen) atoms. The molecule has 1 aromatic carbocycles. The van der Waals surface area contributed by atoms with Crippen molar-refractivity contribution in [2.75, 3.05) is 0 Å². The van der Waals surface area contributed by atoms with E-state index in [1.54, 1.807) is 0 Å². The summed E-state index contributed by atoms with van der Waals surface area (Å²) in [5, 5.41) is 9.11. The lowest BCUT2D eigenvalue weighted by Gasteiger charge is -2.19. The molecular formula is C16H18N2O2. The minimum absolute atomic E-state index is 0.275. The molecule has 0 saturated carbocycles. The Labute approximate surface area is 118 Å². The molecule has 0 radical (unpaired) electrons. The van der Waals surface area contributed by atoms with Crippen LogP contribution in [-0.4, -0.2) is 20.6 Å². The zero-order valence-electron chi connectivity index (χ0n) is 11.5. The summed E-state index contributed by atoms with van der Waals surface area (Å²) in [5.74, 6) is 0.0406. The van der Waals surface area contributed by atoms with Gasteiger partial charge in [-0.3, -0.25) is 4.79 Å².